The van der Waals surface area contributed by atoms with Gasteiger partial charge in [0.05, 0.1) is 24.7 Å². The maximum Gasteiger partial charge on any atom is 0.328 e. The third kappa shape index (κ3) is 4.91. The number of aliphatic hydroxyl groups excluding tert-OH is 3. The van der Waals surface area contributed by atoms with Crippen molar-refractivity contribution in [2.24, 2.45) is 5.73 Å². The lowest BCUT2D eigenvalue weighted by molar-refractivity contribution is -0.240. The molecule has 0 bridgehead atoms. The Morgan fingerprint density at radius 3 is 2.33 bits per heavy atom. The smallest absolute Gasteiger partial charge is 0.328 e. The first-order valence-corrected chi connectivity index (χ1v) is 8.18. The first kappa shape index (κ1) is 21.0. The number of rotatable bonds is 6. The number of nitrogens with zero attached hydrogens (tertiary/aromatic N) is 1. The molecule has 6 atom stereocenters. The molecule has 1 fully saturated rings. The molecule has 150 valence electrons. The third-order valence-electron chi connectivity index (χ3n) is 4.45. The SMILES string of the molecule is N[C@@H](Cc1ccc(O)cc1)C(=O)N[C@H](C(=O)O)[C@H]1[C@H](O)[C@@H](O)[C@@H](O)CN1O. The van der Waals surface area contributed by atoms with Crippen molar-refractivity contribution in [2.45, 2.75) is 42.9 Å². The number of piperidine rings is 1. The monoisotopic (exact) mass is 385 g/mol. The number of aromatic hydroxyl groups is 1. The Balaban J connectivity index is 2.09. The Morgan fingerprint density at radius 1 is 1.19 bits per heavy atom. The molecule has 0 saturated carbocycles. The van der Waals surface area contributed by atoms with E-state index in [0.29, 0.717) is 10.6 Å². The number of nitrogens with two attached hydrogens (primary N) is 1. The predicted octanol–water partition coefficient (Wildman–Crippen LogP) is -3.01. The number of β-amino-alcohol motifs (C(OH)–C–C–N with tert-alkyl or cyclic N) is 1. The molecule has 1 amide bonds. The summed E-state index contributed by atoms with van der Waals surface area (Å²) in [4.78, 5) is 23.8. The molecular formula is C16H23N3O8. The molecule has 0 aliphatic carbocycles. The Bertz CT molecular complexity index is 670. The van der Waals surface area contributed by atoms with E-state index in [0.717, 1.165) is 0 Å². The summed E-state index contributed by atoms with van der Waals surface area (Å²) in [6.45, 7) is -0.512. The zero-order valence-corrected chi connectivity index (χ0v) is 14.2. The van der Waals surface area contributed by atoms with E-state index in [2.05, 4.69) is 5.32 Å². The lowest BCUT2D eigenvalue weighted by Gasteiger charge is -2.42. The van der Waals surface area contributed by atoms with Gasteiger partial charge >= 0.3 is 5.97 Å². The molecule has 11 nitrogen and oxygen atoms in total. The molecule has 27 heavy (non-hydrogen) atoms. The molecule has 1 saturated heterocycles. The number of phenolic OH excluding ortho intramolecular Hbond substituents is 1. The number of carboxylic acid groups (broad SMARTS) is 1. The fourth-order valence-corrected chi connectivity index (χ4v) is 2.93. The van der Waals surface area contributed by atoms with Gasteiger partial charge in [-0.2, -0.15) is 5.06 Å². The van der Waals surface area contributed by atoms with Crippen molar-refractivity contribution in [3.63, 3.8) is 0 Å². The normalized spacial score (nSPS) is 28.3. The summed E-state index contributed by atoms with van der Waals surface area (Å²) in [5, 5.41) is 60.3. The standard InChI is InChI=1S/C16H23N3O8/c17-9(5-7-1-3-8(20)4-2-7)15(24)18-11(16(25)26)12-14(23)13(22)10(21)6-19(12)27/h1-4,9-14,20-23,27H,5-6,17H2,(H,18,24)(H,25,26)/t9-,10-,11-,12-,13-,14-/m0/s1. The molecule has 11 heteroatoms. The van der Waals surface area contributed by atoms with Crippen LogP contribution in [0, 0.1) is 0 Å². The van der Waals surface area contributed by atoms with Crippen molar-refractivity contribution in [3.8, 4) is 5.75 Å². The Hall–Kier alpha value is -2.28. The van der Waals surface area contributed by atoms with Crippen LogP contribution in [0.15, 0.2) is 24.3 Å². The highest BCUT2D eigenvalue weighted by atomic mass is 16.5. The van der Waals surface area contributed by atoms with Crippen LogP contribution in [0.3, 0.4) is 0 Å². The second-order valence-corrected chi connectivity index (χ2v) is 6.46. The van der Waals surface area contributed by atoms with Crippen molar-refractivity contribution in [3.05, 3.63) is 29.8 Å². The van der Waals surface area contributed by atoms with Crippen LogP contribution in [0.4, 0.5) is 0 Å². The highest BCUT2D eigenvalue weighted by Crippen LogP contribution is 2.20. The average Bonchev–Trinajstić information content (AvgIpc) is 2.60. The molecule has 0 aromatic heterocycles. The van der Waals surface area contributed by atoms with E-state index in [1.165, 1.54) is 12.1 Å². The maximum absolute atomic E-state index is 12.3. The van der Waals surface area contributed by atoms with Crippen molar-refractivity contribution < 1.29 is 40.3 Å². The minimum Gasteiger partial charge on any atom is -0.508 e. The second-order valence-electron chi connectivity index (χ2n) is 6.46. The number of amides is 1. The van der Waals surface area contributed by atoms with Crippen molar-refractivity contribution in [2.75, 3.05) is 6.54 Å². The molecule has 0 spiro atoms. The number of hydrogen-bond donors (Lipinski definition) is 8. The quantitative estimate of drug-likeness (QED) is 0.250. The number of benzene rings is 1. The van der Waals surface area contributed by atoms with Crippen LogP contribution in [0.25, 0.3) is 0 Å². The average molecular weight is 385 g/mol. The van der Waals surface area contributed by atoms with Crippen molar-refractivity contribution in [1.29, 1.82) is 0 Å². The molecule has 1 aliphatic heterocycles. The van der Waals surface area contributed by atoms with Gasteiger partial charge in [0.2, 0.25) is 5.91 Å². The van der Waals surface area contributed by atoms with Gasteiger partial charge in [0.15, 0.2) is 0 Å². The van der Waals surface area contributed by atoms with Crippen molar-refractivity contribution >= 4 is 11.9 Å². The van der Waals surface area contributed by atoms with Crippen LogP contribution in [-0.2, 0) is 16.0 Å². The van der Waals surface area contributed by atoms with E-state index < -0.39 is 54.9 Å². The zero-order chi connectivity index (χ0) is 20.3. The van der Waals surface area contributed by atoms with E-state index in [1.807, 2.05) is 0 Å². The molecule has 0 radical (unpaired) electrons. The van der Waals surface area contributed by atoms with Crippen LogP contribution in [-0.4, -0.2) is 90.7 Å². The van der Waals surface area contributed by atoms with Crippen LogP contribution in [0.1, 0.15) is 5.56 Å². The van der Waals surface area contributed by atoms with Gasteiger partial charge in [-0.25, -0.2) is 4.79 Å². The van der Waals surface area contributed by atoms with E-state index in [4.69, 9.17) is 5.73 Å². The second kappa shape index (κ2) is 8.61. The van der Waals surface area contributed by atoms with E-state index >= 15 is 0 Å². The summed E-state index contributed by atoms with van der Waals surface area (Å²) < 4.78 is 0. The Kier molecular flexibility index (Phi) is 6.70. The van der Waals surface area contributed by atoms with Gasteiger partial charge in [-0.15, -0.1) is 0 Å². The maximum atomic E-state index is 12.3. The minimum atomic E-state index is -1.83. The lowest BCUT2D eigenvalue weighted by Crippen LogP contribution is -2.69. The number of carbonyl (C=O) groups is 2. The summed E-state index contributed by atoms with van der Waals surface area (Å²) in [6.07, 6.45) is -4.95. The number of nitrogens with one attached hydrogen (secondary N) is 1. The molecule has 1 aromatic rings. The summed E-state index contributed by atoms with van der Waals surface area (Å²) in [6, 6.07) is 1.41. The van der Waals surface area contributed by atoms with Gasteiger partial charge in [0.25, 0.3) is 0 Å². The van der Waals surface area contributed by atoms with E-state index in [-0.39, 0.29) is 12.2 Å². The fourth-order valence-electron chi connectivity index (χ4n) is 2.93. The lowest BCUT2D eigenvalue weighted by atomic mass is 9.90. The van der Waals surface area contributed by atoms with Gasteiger partial charge in [0, 0.05) is 0 Å². The molecule has 1 heterocycles. The van der Waals surface area contributed by atoms with Gasteiger partial charge in [0.1, 0.15) is 24.0 Å². The third-order valence-corrected chi connectivity index (χ3v) is 4.45. The first-order chi connectivity index (χ1) is 12.6. The number of aliphatic hydroxyl groups is 3. The number of carboxylic acids is 1. The van der Waals surface area contributed by atoms with E-state index in [9.17, 15) is 40.3 Å². The van der Waals surface area contributed by atoms with Crippen molar-refractivity contribution in [1.82, 2.24) is 10.4 Å². The van der Waals surface area contributed by atoms with Crippen LogP contribution >= 0.6 is 0 Å². The van der Waals surface area contributed by atoms with Crippen LogP contribution in [0.2, 0.25) is 0 Å². The van der Waals surface area contributed by atoms with Crippen LogP contribution < -0.4 is 11.1 Å². The highest BCUT2D eigenvalue weighted by molar-refractivity contribution is 5.87. The topological polar surface area (TPSA) is 197 Å². The molecular weight excluding hydrogens is 362 g/mol. The summed E-state index contributed by atoms with van der Waals surface area (Å²) in [7, 11) is 0. The molecule has 0 unspecified atom stereocenters. The number of hydroxylamine groups is 2. The number of aliphatic carboxylic acids is 1. The largest absolute Gasteiger partial charge is 0.508 e. The van der Waals surface area contributed by atoms with Gasteiger partial charge in [-0.3, -0.25) is 4.79 Å². The van der Waals surface area contributed by atoms with Gasteiger partial charge < -0.3 is 41.8 Å². The highest BCUT2D eigenvalue weighted by Gasteiger charge is 2.48. The summed E-state index contributed by atoms with van der Waals surface area (Å²) in [5.74, 6) is -2.37. The summed E-state index contributed by atoms with van der Waals surface area (Å²) >= 11 is 0. The molecule has 1 aromatic carbocycles. The van der Waals surface area contributed by atoms with Gasteiger partial charge in [-0.1, -0.05) is 12.1 Å². The van der Waals surface area contributed by atoms with Gasteiger partial charge in [-0.05, 0) is 24.1 Å². The zero-order valence-electron chi connectivity index (χ0n) is 14.2. The fraction of sp³-hybridized carbons (Fsp3) is 0.500. The molecule has 9 N–H and O–H groups in total. The van der Waals surface area contributed by atoms with Crippen LogP contribution in [0.5, 0.6) is 5.75 Å². The number of hydrogen-bond acceptors (Lipinski definition) is 9. The summed E-state index contributed by atoms with van der Waals surface area (Å²) in [5.41, 5.74) is 6.42. The Morgan fingerprint density at radius 2 is 1.78 bits per heavy atom. The minimum absolute atomic E-state index is 0.0396. The predicted molar refractivity (Wildman–Crippen MR) is 89.7 cm³/mol. The number of phenols is 1. The molecule has 2 rings (SSSR count). The number of carbonyl (C=O) groups excluding carboxylic acids is 1. The van der Waals surface area contributed by atoms with E-state index in [1.54, 1.807) is 12.1 Å². The first-order valence-electron chi connectivity index (χ1n) is 8.18. The molecule has 1 aliphatic rings. The Labute approximate surface area is 154 Å².